The number of rotatable bonds is 6. The molecule has 0 saturated carbocycles. The minimum atomic E-state index is -4.66. The second kappa shape index (κ2) is 6.97. The molecule has 21 heavy (non-hydrogen) atoms. The fourth-order valence-corrected chi connectivity index (χ4v) is 1.83. The van der Waals surface area contributed by atoms with Gasteiger partial charge >= 0.3 is 12.1 Å². The SMILES string of the molecule is CCCCC(Nc1ccc(C#N)c(C(F)(F)F)c1)C(=O)O. The highest BCUT2D eigenvalue weighted by molar-refractivity contribution is 5.77. The number of anilines is 1. The van der Waals surface area contributed by atoms with E-state index in [2.05, 4.69) is 5.32 Å². The van der Waals surface area contributed by atoms with Gasteiger partial charge < -0.3 is 10.4 Å². The Morgan fingerprint density at radius 1 is 1.48 bits per heavy atom. The van der Waals surface area contributed by atoms with Crippen LogP contribution in [0.5, 0.6) is 0 Å². The first-order chi connectivity index (χ1) is 9.79. The maximum Gasteiger partial charge on any atom is 0.417 e. The molecule has 0 spiro atoms. The number of nitriles is 1. The van der Waals surface area contributed by atoms with Crippen LogP contribution in [0.25, 0.3) is 0 Å². The Bertz CT molecular complexity index is 550. The molecule has 0 amide bonds. The normalized spacial score (nSPS) is 12.5. The highest BCUT2D eigenvalue weighted by Crippen LogP contribution is 2.33. The van der Waals surface area contributed by atoms with E-state index in [1.807, 2.05) is 6.92 Å². The Balaban J connectivity index is 3.03. The summed E-state index contributed by atoms with van der Waals surface area (Å²) in [4.78, 5) is 11.1. The van der Waals surface area contributed by atoms with Gasteiger partial charge in [-0.05, 0) is 24.6 Å². The van der Waals surface area contributed by atoms with E-state index in [0.29, 0.717) is 12.8 Å². The van der Waals surface area contributed by atoms with E-state index in [4.69, 9.17) is 10.4 Å². The van der Waals surface area contributed by atoms with Gasteiger partial charge in [-0.25, -0.2) is 4.79 Å². The maximum absolute atomic E-state index is 12.8. The van der Waals surface area contributed by atoms with E-state index in [-0.39, 0.29) is 5.69 Å². The van der Waals surface area contributed by atoms with Crippen LogP contribution in [0.15, 0.2) is 18.2 Å². The van der Waals surface area contributed by atoms with E-state index in [1.54, 1.807) is 0 Å². The summed E-state index contributed by atoms with van der Waals surface area (Å²) >= 11 is 0. The van der Waals surface area contributed by atoms with Gasteiger partial charge in [-0.3, -0.25) is 0 Å². The van der Waals surface area contributed by atoms with Crippen molar-refractivity contribution in [3.63, 3.8) is 0 Å². The summed E-state index contributed by atoms with van der Waals surface area (Å²) in [5.41, 5.74) is -1.53. The van der Waals surface area contributed by atoms with Gasteiger partial charge in [-0.2, -0.15) is 18.4 Å². The number of nitrogens with one attached hydrogen (secondary N) is 1. The van der Waals surface area contributed by atoms with E-state index in [1.165, 1.54) is 12.1 Å². The summed E-state index contributed by atoms with van der Waals surface area (Å²) in [5, 5.41) is 20.3. The molecule has 0 fully saturated rings. The van der Waals surface area contributed by atoms with Gasteiger partial charge in [0, 0.05) is 5.69 Å². The number of carbonyl (C=O) groups is 1. The predicted octanol–water partition coefficient (Wildman–Crippen LogP) is 3.63. The van der Waals surface area contributed by atoms with Gasteiger partial charge in [0.15, 0.2) is 0 Å². The van der Waals surface area contributed by atoms with Gasteiger partial charge in [-0.1, -0.05) is 19.8 Å². The number of nitrogens with zero attached hydrogens (tertiary/aromatic N) is 1. The maximum atomic E-state index is 12.8. The molecule has 7 heteroatoms. The van der Waals surface area contributed by atoms with Crippen molar-refractivity contribution in [2.75, 3.05) is 5.32 Å². The van der Waals surface area contributed by atoms with Crippen LogP contribution in [-0.2, 0) is 11.0 Å². The Labute approximate surface area is 120 Å². The fraction of sp³-hybridized carbons (Fsp3) is 0.429. The van der Waals surface area contributed by atoms with Crippen molar-refractivity contribution in [3.8, 4) is 6.07 Å². The molecule has 0 aliphatic carbocycles. The third-order valence-electron chi connectivity index (χ3n) is 2.93. The van der Waals surface area contributed by atoms with E-state index in [9.17, 15) is 18.0 Å². The summed E-state index contributed by atoms with van der Waals surface area (Å²) in [5.74, 6) is -1.12. The monoisotopic (exact) mass is 300 g/mol. The predicted molar refractivity (Wildman–Crippen MR) is 70.7 cm³/mol. The third-order valence-corrected chi connectivity index (χ3v) is 2.93. The molecule has 0 bridgehead atoms. The van der Waals surface area contributed by atoms with Crippen molar-refractivity contribution in [3.05, 3.63) is 29.3 Å². The van der Waals surface area contributed by atoms with Gasteiger partial charge in [0.05, 0.1) is 17.2 Å². The van der Waals surface area contributed by atoms with Crippen LogP contribution in [0, 0.1) is 11.3 Å². The molecule has 0 aromatic heterocycles. The summed E-state index contributed by atoms with van der Waals surface area (Å²) < 4.78 is 38.5. The molecule has 1 aromatic rings. The van der Waals surface area contributed by atoms with Gasteiger partial charge in [-0.15, -0.1) is 0 Å². The molecular formula is C14H15F3N2O2. The van der Waals surface area contributed by atoms with Crippen LogP contribution in [0.4, 0.5) is 18.9 Å². The second-order valence-corrected chi connectivity index (χ2v) is 4.55. The smallest absolute Gasteiger partial charge is 0.417 e. The zero-order valence-corrected chi connectivity index (χ0v) is 11.4. The number of benzene rings is 1. The lowest BCUT2D eigenvalue weighted by molar-refractivity contribution is -0.138. The van der Waals surface area contributed by atoms with Crippen LogP contribution >= 0.6 is 0 Å². The van der Waals surface area contributed by atoms with E-state index >= 15 is 0 Å². The molecule has 0 heterocycles. The molecule has 4 nitrogen and oxygen atoms in total. The number of aliphatic carboxylic acids is 1. The Morgan fingerprint density at radius 3 is 2.62 bits per heavy atom. The Kier molecular flexibility index (Phi) is 5.59. The number of carboxylic acid groups (broad SMARTS) is 1. The highest BCUT2D eigenvalue weighted by Gasteiger charge is 2.34. The molecule has 2 N–H and O–H groups in total. The first-order valence-electron chi connectivity index (χ1n) is 6.40. The molecule has 1 atom stereocenters. The lowest BCUT2D eigenvalue weighted by Crippen LogP contribution is -2.29. The quantitative estimate of drug-likeness (QED) is 0.841. The molecule has 0 aliphatic heterocycles. The molecule has 1 unspecified atom stereocenters. The van der Waals surface area contributed by atoms with Crippen molar-refractivity contribution >= 4 is 11.7 Å². The minimum absolute atomic E-state index is 0.0322. The Morgan fingerprint density at radius 2 is 2.14 bits per heavy atom. The number of halogens is 3. The Hall–Kier alpha value is -2.23. The molecule has 1 aromatic carbocycles. The molecular weight excluding hydrogens is 285 g/mol. The van der Waals surface area contributed by atoms with Gasteiger partial charge in [0.2, 0.25) is 0 Å². The summed E-state index contributed by atoms with van der Waals surface area (Å²) in [7, 11) is 0. The number of unbranched alkanes of at least 4 members (excludes halogenated alkanes) is 1. The molecule has 0 radical (unpaired) electrons. The van der Waals surface area contributed by atoms with Crippen molar-refractivity contribution < 1.29 is 23.1 Å². The average Bonchev–Trinajstić information content (AvgIpc) is 2.42. The molecule has 1 rings (SSSR count). The van der Waals surface area contributed by atoms with E-state index in [0.717, 1.165) is 18.6 Å². The molecule has 114 valence electrons. The summed E-state index contributed by atoms with van der Waals surface area (Å²) in [6, 6.07) is 3.59. The second-order valence-electron chi connectivity index (χ2n) is 4.55. The topological polar surface area (TPSA) is 73.1 Å². The highest BCUT2D eigenvalue weighted by atomic mass is 19.4. The number of alkyl halides is 3. The van der Waals surface area contributed by atoms with E-state index < -0.39 is 29.3 Å². The third kappa shape index (κ3) is 4.67. The standard InChI is InChI=1S/C14H15F3N2O2/c1-2-3-4-12(13(20)21)19-10-6-5-9(8-18)11(7-10)14(15,16)17/h5-7,12,19H,2-4H2,1H3,(H,20,21). The molecule has 0 aliphatic rings. The zero-order valence-electron chi connectivity index (χ0n) is 11.4. The number of hydrogen-bond acceptors (Lipinski definition) is 3. The molecule has 0 saturated heterocycles. The van der Waals surface area contributed by atoms with Crippen molar-refractivity contribution in [1.29, 1.82) is 5.26 Å². The first kappa shape index (κ1) is 16.8. The largest absolute Gasteiger partial charge is 0.480 e. The average molecular weight is 300 g/mol. The van der Waals surface area contributed by atoms with Gasteiger partial charge in [0.25, 0.3) is 0 Å². The number of carboxylic acids is 1. The first-order valence-corrected chi connectivity index (χ1v) is 6.40. The minimum Gasteiger partial charge on any atom is -0.480 e. The summed E-state index contributed by atoms with van der Waals surface area (Å²) in [6.07, 6.45) is -2.92. The van der Waals surface area contributed by atoms with Crippen LogP contribution in [0.3, 0.4) is 0 Å². The van der Waals surface area contributed by atoms with Crippen LogP contribution < -0.4 is 5.32 Å². The number of hydrogen-bond donors (Lipinski definition) is 2. The van der Waals surface area contributed by atoms with Crippen molar-refractivity contribution in [1.82, 2.24) is 0 Å². The van der Waals surface area contributed by atoms with Crippen LogP contribution in [0.2, 0.25) is 0 Å². The van der Waals surface area contributed by atoms with Crippen molar-refractivity contribution in [2.24, 2.45) is 0 Å². The summed E-state index contributed by atoms with van der Waals surface area (Å²) in [6.45, 7) is 1.89. The van der Waals surface area contributed by atoms with Crippen LogP contribution in [0.1, 0.15) is 37.3 Å². The van der Waals surface area contributed by atoms with Crippen molar-refractivity contribution in [2.45, 2.75) is 38.4 Å². The zero-order chi connectivity index (χ0) is 16.0. The lowest BCUT2D eigenvalue weighted by atomic mass is 10.1. The fourth-order valence-electron chi connectivity index (χ4n) is 1.83. The van der Waals surface area contributed by atoms with Crippen LogP contribution in [-0.4, -0.2) is 17.1 Å². The van der Waals surface area contributed by atoms with Gasteiger partial charge in [0.1, 0.15) is 6.04 Å². The lowest BCUT2D eigenvalue weighted by Gasteiger charge is -2.17.